The standard InChI is InChI=1S/C14H21Br2N4O4P/c1-22-10-3-4-11(23-2)14-13(10)18-12(19-14)9-24-25(17,21)20(7-5-15)8-6-16/h3-4H,5-9H2,1-2H3,(H2,17,21)(H,18,19). The maximum absolute atomic E-state index is 12.7. The van der Waals surface area contributed by atoms with E-state index in [0.717, 1.165) is 0 Å². The predicted molar refractivity (Wildman–Crippen MR) is 105 cm³/mol. The summed E-state index contributed by atoms with van der Waals surface area (Å²) in [5, 5.41) is 1.28. The van der Waals surface area contributed by atoms with E-state index in [4.69, 9.17) is 19.5 Å². The number of nitrogens with zero attached hydrogens (tertiary/aromatic N) is 2. The van der Waals surface area contributed by atoms with Gasteiger partial charge >= 0.3 is 7.67 Å². The number of hydrogen-bond donors (Lipinski definition) is 2. The molecule has 0 aliphatic heterocycles. The van der Waals surface area contributed by atoms with Gasteiger partial charge in [-0.2, -0.15) is 0 Å². The summed E-state index contributed by atoms with van der Waals surface area (Å²) in [7, 11) is -0.289. The van der Waals surface area contributed by atoms with Gasteiger partial charge in [-0.05, 0) is 12.1 Å². The fourth-order valence-electron chi connectivity index (χ4n) is 2.32. The summed E-state index contributed by atoms with van der Waals surface area (Å²) in [6.07, 6.45) is 0. The highest BCUT2D eigenvalue weighted by atomic mass is 79.9. The Bertz CT molecular complexity index is 711. The van der Waals surface area contributed by atoms with Gasteiger partial charge in [-0.15, -0.1) is 0 Å². The van der Waals surface area contributed by atoms with Crippen molar-refractivity contribution >= 4 is 50.6 Å². The number of aromatic amines is 1. The van der Waals surface area contributed by atoms with Crippen molar-refractivity contribution in [1.29, 1.82) is 0 Å². The molecule has 0 saturated heterocycles. The first-order valence-corrected chi connectivity index (χ1v) is 11.4. The lowest BCUT2D eigenvalue weighted by atomic mass is 10.2. The van der Waals surface area contributed by atoms with Crippen LogP contribution >= 0.6 is 39.5 Å². The lowest BCUT2D eigenvalue weighted by Gasteiger charge is -2.26. The number of ether oxygens (including phenoxy) is 2. The Morgan fingerprint density at radius 1 is 1.20 bits per heavy atom. The zero-order chi connectivity index (χ0) is 18.4. The van der Waals surface area contributed by atoms with E-state index >= 15 is 0 Å². The maximum Gasteiger partial charge on any atom is 0.341 e. The summed E-state index contributed by atoms with van der Waals surface area (Å²) in [5.41, 5.74) is 7.21. The second-order valence-corrected chi connectivity index (χ2v) is 8.58. The molecule has 1 heterocycles. The third kappa shape index (κ3) is 4.96. The molecule has 0 aliphatic carbocycles. The molecular weight excluding hydrogens is 479 g/mol. The van der Waals surface area contributed by atoms with Crippen molar-refractivity contribution in [3.8, 4) is 11.5 Å². The molecule has 0 amide bonds. The average molecular weight is 500 g/mol. The minimum Gasteiger partial charge on any atom is -0.494 e. The van der Waals surface area contributed by atoms with E-state index in [9.17, 15) is 4.57 Å². The highest BCUT2D eigenvalue weighted by molar-refractivity contribution is 9.09. The Kier molecular flexibility index (Phi) is 7.72. The number of rotatable bonds is 10. The molecule has 0 radical (unpaired) electrons. The van der Waals surface area contributed by atoms with Gasteiger partial charge in [0.15, 0.2) is 0 Å². The zero-order valence-electron chi connectivity index (χ0n) is 14.0. The second-order valence-electron chi connectivity index (χ2n) is 5.05. The molecule has 1 atom stereocenters. The fraction of sp³-hybridized carbons (Fsp3) is 0.500. The van der Waals surface area contributed by atoms with Gasteiger partial charge in [0.05, 0.1) is 14.2 Å². The van der Waals surface area contributed by atoms with E-state index in [-0.39, 0.29) is 6.61 Å². The molecule has 0 aliphatic rings. The molecule has 2 aromatic rings. The van der Waals surface area contributed by atoms with Crippen molar-refractivity contribution in [3.63, 3.8) is 0 Å². The number of nitrogens with two attached hydrogens (primary N) is 1. The van der Waals surface area contributed by atoms with Crippen molar-refractivity contribution in [2.45, 2.75) is 6.61 Å². The van der Waals surface area contributed by atoms with Crippen LogP contribution in [0.2, 0.25) is 0 Å². The number of aromatic nitrogens is 2. The SMILES string of the molecule is COc1ccc(OC)c2[nH]c(COP(N)(=O)N(CCBr)CCBr)nc12. The molecular formula is C14H21Br2N4O4P. The van der Waals surface area contributed by atoms with Crippen LogP contribution in [0.3, 0.4) is 0 Å². The number of halogens is 2. The summed E-state index contributed by atoms with van der Waals surface area (Å²) in [6, 6.07) is 3.56. The summed E-state index contributed by atoms with van der Waals surface area (Å²) >= 11 is 6.66. The van der Waals surface area contributed by atoms with Gasteiger partial charge in [0.1, 0.15) is 35.0 Å². The van der Waals surface area contributed by atoms with Crippen molar-refractivity contribution in [3.05, 3.63) is 18.0 Å². The van der Waals surface area contributed by atoms with E-state index in [1.54, 1.807) is 31.0 Å². The lowest BCUT2D eigenvalue weighted by Crippen LogP contribution is -2.29. The van der Waals surface area contributed by atoms with Crippen LogP contribution in [0.5, 0.6) is 11.5 Å². The zero-order valence-corrected chi connectivity index (χ0v) is 18.1. The first-order valence-electron chi connectivity index (χ1n) is 7.47. The molecule has 140 valence electrons. The van der Waals surface area contributed by atoms with Crippen LogP contribution in [0.1, 0.15) is 5.82 Å². The number of benzene rings is 1. The van der Waals surface area contributed by atoms with Crippen LogP contribution in [0, 0.1) is 0 Å². The molecule has 1 aromatic carbocycles. The van der Waals surface area contributed by atoms with Crippen molar-refractivity contribution < 1.29 is 18.6 Å². The summed E-state index contributed by atoms with van der Waals surface area (Å²) in [5.74, 6) is 1.72. The highest BCUT2D eigenvalue weighted by Gasteiger charge is 2.27. The third-order valence-electron chi connectivity index (χ3n) is 3.52. The minimum atomic E-state index is -3.43. The topological polar surface area (TPSA) is 103 Å². The van der Waals surface area contributed by atoms with Gasteiger partial charge in [0.25, 0.3) is 0 Å². The van der Waals surface area contributed by atoms with E-state index in [0.29, 0.717) is 52.1 Å². The van der Waals surface area contributed by atoms with Gasteiger partial charge in [-0.3, -0.25) is 9.09 Å². The van der Waals surface area contributed by atoms with Crippen LogP contribution in [0.15, 0.2) is 12.1 Å². The molecule has 25 heavy (non-hydrogen) atoms. The highest BCUT2D eigenvalue weighted by Crippen LogP contribution is 2.43. The quantitative estimate of drug-likeness (QED) is 0.382. The summed E-state index contributed by atoms with van der Waals surface area (Å²) in [6.45, 7) is 1.01. The summed E-state index contributed by atoms with van der Waals surface area (Å²) in [4.78, 5) is 7.56. The van der Waals surface area contributed by atoms with Crippen molar-refractivity contribution in [1.82, 2.24) is 14.6 Å². The van der Waals surface area contributed by atoms with Gasteiger partial charge in [0.2, 0.25) is 0 Å². The summed E-state index contributed by atoms with van der Waals surface area (Å²) < 4.78 is 30.4. The van der Waals surface area contributed by atoms with Crippen molar-refractivity contribution in [2.75, 3.05) is 38.0 Å². The van der Waals surface area contributed by atoms with Gasteiger partial charge < -0.3 is 14.5 Å². The first kappa shape index (κ1) is 20.7. The van der Waals surface area contributed by atoms with Gasteiger partial charge in [-0.25, -0.2) is 15.2 Å². The number of hydrogen-bond acceptors (Lipinski definition) is 5. The van der Waals surface area contributed by atoms with Crippen molar-refractivity contribution in [2.24, 2.45) is 5.50 Å². The van der Waals surface area contributed by atoms with Gasteiger partial charge in [-0.1, -0.05) is 31.9 Å². The molecule has 3 N–H and O–H groups in total. The van der Waals surface area contributed by atoms with Crippen LogP contribution in [-0.2, 0) is 15.7 Å². The minimum absolute atomic E-state index is 0.0180. The largest absolute Gasteiger partial charge is 0.494 e. The Morgan fingerprint density at radius 3 is 2.36 bits per heavy atom. The smallest absolute Gasteiger partial charge is 0.341 e. The maximum atomic E-state index is 12.7. The molecule has 0 saturated carbocycles. The third-order valence-corrected chi connectivity index (χ3v) is 5.92. The second kappa shape index (κ2) is 9.34. The predicted octanol–water partition coefficient (Wildman–Crippen LogP) is 3.26. The molecule has 0 fully saturated rings. The van der Waals surface area contributed by atoms with E-state index in [2.05, 4.69) is 41.8 Å². The monoisotopic (exact) mass is 498 g/mol. The number of H-pyrrole nitrogens is 1. The molecule has 2 rings (SSSR count). The molecule has 0 bridgehead atoms. The number of methoxy groups -OCH3 is 2. The first-order chi connectivity index (χ1) is 12.0. The molecule has 1 unspecified atom stereocenters. The average Bonchev–Trinajstić information content (AvgIpc) is 3.03. The molecule has 1 aromatic heterocycles. The van der Waals surface area contributed by atoms with E-state index < -0.39 is 7.67 Å². The van der Waals surface area contributed by atoms with Crippen LogP contribution in [0.25, 0.3) is 11.0 Å². The normalized spacial score (nSPS) is 14.0. The molecule has 8 nitrogen and oxygen atoms in total. The Balaban J connectivity index is 2.21. The number of fused-ring (bicyclic) bond motifs is 1. The van der Waals surface area contributed by atoms with Crippen LogP contribution < -0.4 is 15.0 Å². The van der Waals surface area contributed by atoms with E-state index in [1.165, 1.54) is 0 Å². The molecule has 0 spiro atoms. The molecule has 11 heteroatoms. The van der Waals surface area contributed by atoms with Gasteiger partial charge in [0, 0.05) is 23.7 Å². The number of imidazole rings is 1. The van der Waals surface area contributed by atoms with Crippen LogP contribution in [0.4, 0.5) is 0 Å². The number of nitrogens with one attached hydrogen (secondary N) is 1. The fourth-order valence-corrected chi connectivity index (χ4v) is 4.95. The lowest BCUT2D eigenvalue weighted by molar-refractivity contribution is 0.252. The van der Waals surface area contributed by atoms with E-state index in [1.807, 2.05) is 0 Å². The number of alkyl halides is 2. The Morgan fingerprint density at radius 2 is 1.80 bits per heavy atom. The Labute approximate surface area is 163 Å². The Hall–Kier alpha value is -0.640. The van der Waals surface area contributed by atoms with Crippen LogP contribution in [-0.4, -0.2) is 52.6 Å².